The lowest BCUT2D eigenvalue weighted by Crippen LogP contribution is -2.26. The maximum absolute atomic E-state index is 4.54. The van der Waals surface area contributed by atoms with E-state index in [-0.39, 0.29) is 0 Å². The molecule has 0 fully saturated rings. The van der Waals surface area contributed by atoms with E-state index in [4.69, 9.17) is 0 Å². The molecule has 0 rings (SSSR count). The fraction of sp³-hybridized carbons (Fsp3) is 0.750. The summed E-state index contributed by atoms with van der Waals surface area (Å²) >= 11 is 0. The lowest BCUT2D eigenvalue weighted by atomic mass is 9.79. The van der Waals surface area contributed by atoms with Crippen LogP contribution >= 0.6 is 0 Å². The first-order valence-electron chi connectivity index (χ1n) is 8.96. The molecule has 0 amide bonds. The lowest BCUT2D eigenvalue weighted by Gasteiger charge is -2.28. The van der Waals surface area contributed by atoms with Crippen LogP contribution in [0.15, 0.2) is 27.3 Å². The van der Waals surface area contributed by atoms with Crippen molar-refractivity contribution in [2.45, 2.75) is 74.1 Å². The van der Waals surface area contributed by atoms with Crippen molar-refractivity contribution < 1.29 is 0 Å². The second-order valence-corrected chi connectivity index (χ2v) is 6.48. The number of amidine groups is 1. The van der Waals surface area contributed by atoms with E-state index >= 15 is 0 Å². The van der Waals surface area contributed by atoms with Crippen LogP contribution in [0.2, 0.25) is 0 Å². The van der Waals surface area contributed by atoms with Crippen LogP contribution in [0.5, 0.6) is 0 Å². The second kappa shape index (κ2) is 10.6. The molecule has 2 heteroatoms. The van der Waals surface area contributed by atoms with Gasteiger partial charge in [-0.1, -0.05) is 59.1 Å². The van der Waals surface area contributed by atoms with Gasteiger partial charge in [0.05, 0.1) is 0 Å². The molecule has 0 heterocycles. The van der Waals surface area contributed by atoms with Gasteiger partial charge < -0.3 is 5.32 Å². The van der Waals surface area contributed by atoms with E-state index in [9.17, 15) is 0 Å². The Balaban J connectivity index is 6.44. The van der Waals surface area contributed by atoms with Gasteiger partial charge in [-0.15, -0.1) is 0 Å². The zero-order valence-corrected chi connectivity index (χ0v) is 16.4. The Morgan fingerprint density at radius 2 is 1.59 bits per heavy atom. The smallest absolute Gasteiger partial charge is 0.127 e. The third-order valence-electron chi connectivity index (χ3n) is 4.71. The van der Waals surface area contributed by atoms with Crippen molar-refractivity contribution >= 4 is 5.84 Å². The van der Waals surface area contributed by atoms with Crippen LogP contribution in [0.4, 0.5) is 0 Å². The molecule has 0 aliphatic heterocycles. The molecule has 2 nitrogen and oxygen atoms in total. The first-order valence-corrected chi connectivity index (χ1v) is 8.96. The molecule has 0 aliphatic carbocycles. The number of hydrogen-bond acceptors (Lipinski definition) is 1. The normalized spacial score (nSPS) is 14.7. The Labute approximate surface area is 139 Å². The van der Waals surface area contributed by atoms with Gasteiger partial charge in [0, 0.05) is 19.7 Å². The van der Waals surface area contributed by atoms with Gasteiger partial charge in [0.25, 0.3) is 0 Å². The van der Waals surface area contributed by atoms with E-state index in [0.717, 1.165) is 25.1 Å². The second-order valence-electron chi connectivity index (χ2n) is 6.48. The Morgan fingerprint density at radius 1 is 1.05 bits per heavy atom. The van der Waals surface area contributed by atoms with Crippen LogP contribution in [0, 0.1) is 11.8 Å². The van der Waals surface area contributed by atoms with Crippen molar-refractivity contribution in [2.75, 3.05) is 14.1 Å². The van der Waals surface area contributed by atoms with Gasteiger partial charge in [0.1, 0.15) is 5.84 Å². The van der Waals surface area contributed by atoms with Crippen molar-refractivity contribution in [1.29, 1.82) is 0 Å². The molecular formula is C20H38N2. The Morgan fingerprint density at radius 3 is 1.91 bits per heavy atom. The number of aliphatic imine (C=N–C) groups is 1. The SMILES string of the molecule is CCC/C(C)=C(/C(=NC)NC)C(=C(CC)CC)C(C)C(C)C. The molecule has 0 saturated heterocycles. The predicted octanol–water partition coefficient (Wildman–Crippen LogP) is 5.76. The molecule has 22 heavy (non-hydrogen) atoms. The molecule has 0 aromatic carbocycles. The summed E-state index contributed by atoms with van der Waals surface area (Å²) in [7, 11) is 3.87. The van der Waals surface area contributed by atoms with Crippen molar-refractivity contribution in [3.8, 4) is 0 Å². The zero-order valence-electron chi connectivity index (χ0n) is 16.4. The zero-order chi connectivity index (χ0) is 17.3. The van der Waals surface area contributed by atoms with E-state index in [1.807, 2.05) is 14.1 Å². The topological polar surface area (TPSA) is 24.4 Å². The number of nitrogens with one attached hydrogen (secondary N) is 1. The van der Waals surface area contributed by atoms with Crippen LogP contribution in [0.1, 0.15) is 74.1 Å². The number of nitrogens with zero attached hydrogens (tertiary/aromatic N) is 1. The molecule has 1 atom stereocenters. The van der Waals surface area contributed by atoms with Crippen molar-refractivity contribution in [3.63, 3.8) is 0 Å². The summed E-state index contributed by atoms with van der Waals surface area (Å²) in [5.41, 5.74) is 5.93. The van der Waals surface area contributed by atoms with Crippen molar-refractivity contribution in [2.24, 2.45) is 16.8 Å². The highest BCUT2D eigenvalue weighted by Crippen LogP contribution is 2.34. The fourth-order valence-corrected chi connectivity index (χ4v) is 3.10. The largest absolute Gasteiger partial charge is 0.373 e. The minimum Gasteiger partial charge on any atom is -0.373 e. The van der Waals surface area contributed by atoms with Crippen LogP contribution < -0.4 is 5.32 Å². The average Bonchev–Trinajstić information content (AvgIpc) is 2.50. The molecule has 0 aliphatic rings. The molecular weight excluding hydrogens is 268 g/mol. The van der Waals surface area contributed by atoms with E-state index in [1.54, 1.807) is 5.57 Å². The summed E-state index contributed by atoms with van der Waals surface area (Å²) in [6.07, 6.45) is 4.54. The minimum absolute atomic E-state index is 0.543. The number of likely N-dealkylation sites (N-methyl/N-ethyl adjacent to an activating group) is 1. The third kappa shape index (κ3) is 5.30. The van der Waals surface area contributed by atoms with E-state index in [1.165, 1.54) is 23.1 Å². The third-order valence-corrected chi connectivity index (χ3v) is 4.71. The van der Waals surface area contributed by atoms with Gasteiger partial charge in [-0.2, -0.15) is 0 Å². The highest BCUT2D eigenvalue weighted by Gasteiger charge is 2.24. The van der Waals surface area contributed by atoms with Crippen LogP contribution in [-0.2, 0) is 0 Å². The Hall–Kier alpha value is -1.05. The number of allylic oxidation sites excluding steroid dienone is 2. The predicted molar refractivity (Wildman–Crippen MR) is 102 cm³/mol. The molecule has 0 bridgehead atoms. The van der Waals surface area contributed by atoms with E-state index in [2.05, 4.69) is 58.8 Å². The summed E-state index contributed by atoms with van der Waals surface area (Å²) in [4.78, 5) is 4.54. The average molecular weight is 307 g/mol. The highest BCUT2D eigenvalue weighted by molar-refractivity contribution is 6.03. The van der Waals surface area contributed by atoms with Gasteiger partial charge in [-0.05, 0) is 43.6 Å². The molecule has 1 N–H and O–H groups in total. The first-order chi connectivity index (χ1) is 10.4. The van der Waals surface area contributed by atoms with E-state index in [0.29, 0.717) is 11.8 Å². The molecule has 0 saturated carbocycles. The fourth-order valence-electron chi connectivity index (χ4n) is 3.10. The Kier molecular flexibility index (Phi) is 10.1. The molecule has 1 unspecified atom stereocenters. The van der Waals surface area contributed by atoms with Crippen LogP contribution in [0.25, 0.3) is 0 Å². The van der Waals surface area contributed by atoms with Gasteiger partial charge in [0.2, 0.25) is 0 Å². The maximum Gasteiger partial charge on any atom is 0.127 e. The van der Waals surface area contributed by atoms with Gasteiger partial charge >= 0.3 is 0 Å². The van der Waals surface area contributed by atoms with Crippen molar-refractivity contribution in [1.82, 2.24) is 5.32 Å². The summed E-state index contributed by atoms with van der Waals surface area (Å²) in [5.74, 6) is 2.21. The first kappa shape index (κ1) is 20.9. The van der Waals surface area contributed by atoms with Gasteiger partial charge in [-0.3, -0.25) is 4.99 Å². The quantitative estimate of drug-likeness (QED) is 0.344. The van der Waals surface area contributed by atoms with Crippen molar-refractivity contribution in [3.05, 3.63) is 22.3 Å². The molecule has 0 aromatic heterocycles. The maximum atomic E-state index is 4.54. The highest BCUT2D eigenvalue weighted by atomic mass is 15.0. The summed E-state index contributed by atoms with van der Waals surface area (Å²) in [6, 6.07) is 0. The Bertz CT molecular complexity index is 419. The van der Waals surface area contributed by atoms with Crippen LogP contribution in [-0.4, -0.2) is 19.9 Å². The molecule has 0 aromatic rings. The monoisotopic (exact) mass is 306 g/mol. The molecule has 128 valence electrons. The standard InChI is InChI=1S/C20H38N2/c1-10-13-15(6)18(20(21-8)22-9)19(16(7)14(4)5)17(11-2)12-3/h14,16H,10-13H2,1-9H3,(H,21,22)/b18-15+. The molecule has 0 spiro atoms. The van der Waals surface area contributed by atoms with E-state index < -0.39 is 0 Å². The lowest BCUT2D eigenvalue weighted by molar-refractivity contribution is 0.479. The number of rotatable bonds is 8. The van der Waals surface area contributed by atoms with Gasteiger partial charge in [0.15, 0.2) is 0 Å². The number of hydrogen-bond donors (Lipinski definition) is 1. The molecule has 0 radical (unpaired) electrons. The minimum atomic E-state index is 0.543. The van der Waals surface area contributed by atoms with Gasteiger partial charge in [-0.25, -0.2) is 0 Å². The summed E-state index contributed by atoms with van der Waals surface area (Å²) in [5, 5.41) is 3.33. The summed E-state index contributed by atoms with van der Waals surface area (Å²) < 4.78 is 0. The summed E-state index contributed by atoms with van der Waals surface area (Å²) in [6.45, 7) is 16.1. The van der Waals surface area contributed by atoms with Crippen LogP contribution in [0.3, 0.4) is 0 Å².